The van der Waals surface area contributed by atoms with Gasteiger partial charge in [-0.15, -0.1) is 0 Å². The summed E-state index contributed by atoms with van der Waals surface area (Å²) >= 11 is 0. The summed E-state index contributed by atoms with van der Waals surface area (Å²) in [4.78, 5) is 13.4. The maximum absolute atomic E-state index is 11.9. The highest BCUT2D eigenvalue weighted by Crippen LogP contribution is 2.30. The van der Waals surface area contributed by atoms with Crippen molar-refractivity contribution in [2.45, 2.75) is 0 Å². The maximum Gasteiger partial charge on any atom is 0.253 e. The van der Waals surface area contributed by atoms with Gasteiger partial charge in [-0.1, -0.05) is 0 Å². The summed E-state index contributed by atoms with van der Waals surface area (Å²) in [6.45, 7) is 1.29. The van der Waals surface area contributed by atoms with Crippen molar-refractivity contribution in [2.24, 2.45) is 0 Å². The topological polar surface area (TPSA) is 59.0 Å². The summed E-state index contributed by atoms with van der Waals surface area (Å²) in [5, 5.41) is 8.79. The normalized spacial score (nSPS) is 13.3. The monoisotopic (exact) mass is 237 g/mol. The van der Waals surface area contributed by atoms with Gasteiger partial charge in [0, 0.05) is 19.2 Å². The third-order valence-electron chi connectivity index (χ3n) is 2.57. The molecule has 0 fully saturated rings. The summed E-state index contributed by atoms with van der Waals surface area (Å²) in [5.74, 6) is 1.12. The standard InChI is InChI=1S/C12H15NO4/c1-13(4-5-14)12(15)9-2-3-10-11(8-9)17-7-6-16-10/h2-3,8,14H,4-7H2,1H3. The number of carbonyl (C=O) groups excluding carboxylic acids is 1. The lowest BCUT2D eigenvalue weighted by molar-refractivity contribution is 0.0766. The number of benzene rings is 1. The van der Waals surface area contributed by atoms with Crippen LogP contribution >= 0.6 is 0 Å². The summed E-state index contributed by atoms with van der Waals surface area (Å²) in [6, 6.07) is 5.10. The van der Waals surface area contributed by atoms with E-state index in [0.717, 1.165) is 0 Å². The van der Waals surface area contributed by atoms with Gasteiger partial charge in [0.25, 0.3) is 5.91 Å². The van der Waals surface area contributed by atoms with Crippen molar-refractivity contribution >= 4 is 5.91 Å². The molecule has 0 bridgehead atoms. The Bertz CT molecular complexity index is 419. The van der Waals surface area contributed by atoms with E-state index in [9.17, 15) is 4.79 Å². The third kappa shape index (κ3) is 2.50. The van der Waals surface area contributed by atoms with Crippen molar-refractivity contribution in [3.63, 3.8) is 0 Å². The van der Waals surface area contributed by atoms with Crippen molar-refractivity contribution in [1.82, 2.24) is 4.90 Å². The average Bonchev–Trinajstić information content (AvgIpc) is 2.37. The van der Waals surface area contributed by atoms with Gasteiger partial charge in [0.1, 0.15) is 13.2 Å². The van der Waals surface area contributed by atoms with E-state index in [1.807, 2.05) is 0 Å². The number of fused-ring (bicyclic) bond motifs is 1. The molecule has 0 spiro atoms. The predicted molar refractivity (Wildman–Crippen MR) is 61.5 cm³/mol. The lowest BCUT2D eigenvalue weighted by Crippen LogP contribution is -2.29. The first-order valence-electron chi connectivity index (χ1n) is 5.48. The van der Waals surface area contributed by atoms with Crippen molar-refractivity contribution < 1.29 is 19.4 Å². The molecule has 5 nitrogen and oxygen atoms in total. The second kappa shape index (κ2) is 5.05. The number of hydrogen-bond acceptors (Lipinski definition) is 4. The molecule has 1 aliphatic heterocycles. The molecule has 1 N–H and O–H groups in total. The fourth-order valence-corrected chi connectivity index (χ4v) is 1.65. The lowest BCUT2D eigenvalue weighted by atomic mass is 10.1. The highest BCUT2D eigenvalue weighted by molar-refractivity contribution is 5.94. The smallest absolute Gasteiger partial charge is 0.253 e. The number of hydrogen-bond donors (Lipinski definition) is 1. The summed E-state index contributed by atoms with van der Waals surface area (Å²) < 4.78 is 10.8. The molecular weight excluding hydrogens is 222 g/mol. The molecule has 2 rings (SSSR count). The molecule has 0 atom stereocenters. The molecule has 0 unspecified atom stereocenters. The Morgan fingerprint density at radius 3 is 2.76 bits per heavy atom. The number of ether oxygens (including phenoxy) is 2. The highest BCUT2D eigenvalue weighted by atomic mass is 16.6. The molecule has 1 heterocycles. The first kappa shape index (κ1) is 11.7. The first-order chi connectivity index (χ1) is 8.22. The van der Waals surface area contributed by atoms with Crippen LogP contribution in [0.1, 0.15) is 10.4 Å². The first-order valence-corrected chi connectivity index (χ1v) is 5.48. The van der Waals surface area contributed by atoms with Crippen molar-refractivity contribution in [3.8, 4) is 11.5 Å². The van der Waals surface area contributed by atoms with Crippen LogP contribution in [0, 0.1) is 0 Å². The van der Waals surface area contributed by atoms with E-state index < -0.39 is 0 Å². The molecule has 0 aromatic heterocycles. The number of likely N-dealkylation sites (N-methyl/N-ethyl adjacent to an activating group) is 1. The van der Waals surface area contributed by atoms with Gasteiger partial charge in [-0.2, -0.15) is 0 Å². The van der Waals surface area contributed by atoms with E-state index in [1.54, 1.807) is 25.2 Å². The van der Waals surface area contributed by atoms with E-state index in [2.05, 4.69) is 0 Å². The molecule has 92 valence electrons. The number of amides is 1. The average molecular weight is 237 g/mol. The van der Waals surface area contributed by atoms with Gasteiger partial charge in [-0.3, -0.25) is 4.79 Å². The van der Waals surface area contributed by atoms with Gasteiger partial charge >= 0.3 is 0 Å². The molecule has 0 saturated heterocycles. The molecule has 1 amide bonds. The Hall–Kier alpha value is -1.75. The second-order valence-electron chi connectivity index (χ2n) is 3.81. The largest absolute Gasteiger partial charge is 0.486 e. The van der Waals surface area contributed by atoms with Crippen molar-refractivity contribution in [3.05, 3.63) is 23.8 Å². The van der Waals surface area contributed by atoms with E-state index >= 15 is 0 Å². The Morgan fingerprint density at radius 1 is 1.35 bits per heavy atom. The highest BCUT2D eigenvalue weighted by Gasteiger charge is 2.16. The molecule has 5 heteroatoms. The maximum atomic E-state index is 11.9. The van der Waals surface area contributed by atoms with Crippen molar-refractivity contribution in [2.75, 3.05) is 33.4 Å². The summed E-state index contributed by atoms with van der Waals surface area (Å²) in [5.41, 5.74) is 0.533. The summed E-state index contributed by atoms with van der Waals surface area (Å²) in [7, 11) is 1.65. The molecule has 1 aromatic carbocycles. The second-order valence-corrected chi connectivity index (χ2v) is 3.81. The zero-order valence-electron chi connectivity index (χ0n) is 9.68. The fourth-order valence-electron chi connectivity index (χ4n) is 1.65. The molecule has 1 aromatic rings. The van der Waals surface area contributed by atoms with Crippen LogP contribution < -0.4 is 9.47 Å². The molecule has 17 heavy (non-hydrogen) atoms. The van der Waals surface area contributed by atoms with Gasteiger partial charge in [0.05, 0.1) is 6.61 Å². The van der Waals surface area contributed by atoms with Crippen LogP contribution in [-0.4, -0.2) is 49.3 Å². The van der Waals surface area contributed by atoms with Gasteiger partial charge in [-0.25, -0.2) is 0 Å². The van der Waals surface area contributed by atoms with Gasteiger partial charge in [-0.05, 0) is 18.2 Å². The number of rotatable bonds is 3. The quantitative estimate of drug-likeness (QED) is 0.832. The zero-order chi connectivity index (χ0) is 12.3. The molecule has 0 aliphatic carbocycles. The van der Waals surface area contributed by atoms with E-state index in [0.29, 0.717) is 36.8 Å². The number of carbonyl (C=O) groups is 1. The molecular formula is C12H15NO4. The third-order valence-corrected chi connectivity index (χ3v) is 2.57. The van der Waals surface area contributed by atoms with E-state index in [1.165, 1.54) is 4.90 Å². The van der Waals surface area contributed by atoms with Crippen LogP contribution in [0.2, 0.25) is 0 Å². The minimum absolute atomic E-state index is 0.0488. The van der Waals surface area contributed by atoms with E-state index in [-0.39, 0.29) is 12.5 Å². The SMILES string of the molecule is CN(CCO)C(=O)c1ccc2c(c1)OCCO2. The van der Waals surface area contributed by atoms with Crippen LogP contribution in [-0.2, 0) is 0 Å². The fraction of sp³-hybridized carbons (Fsp3) is 0.417. The zero-order valence-corrected chi connectivity index (χ0v) is 9.68. The van der Waals surface area contributed by atoms with E-state index in [4.69, 9.17) is 14.6 Å². The predicted octanol–water partition coefficient (Wildman–Crippen LogP) is 0.522. The minimum Gasteiger partial charge on any atom is -0.486 e. The van der Waals surface area contributed by atoms with Gasteiger partial charge in [0.15, 0.2) is 11.5 Å². The van der Waals surface area contributed by atoms with Crippen LogP contribution in [0.25, 0.3) is 0 Å². The molecule has 0 saturated carbocycles. The number of aliphatic hydroxyl groups excluding tert-OH is 1. The Kier molecular flexibility index (Phi) is 3.49. The van der Waals surface area contributed by atoms with Gasteiger partial charge in [0.2, 0.25) is 0 Å². The van der Waals surface area contributed by atoms with Crippen LogP contribution in [0.5, 0.6) is 11.5 Å². The lowest BCUT2D eigenvalue weighted by Gasteiger charge is -2.20. The Morgan fingerprint density at radius 2 is 2.06 bits per heavy atom. The number of nitrogens with zero attached hydrogens (tertiary/aromatic N) is 1. The van der Waals surface area contributed by atoms with Crippen LogP contribution in [0.3, 0.4) is 0 Å². The molecule has 0 radical (unpaired) electrons. The minimum atomic E-state index is -0.143. The number of aliphatic hydroxyl groups is 1. The van der Waals surface area contributed by atoms with Crippen molar-refractivity contribution in [1.29, 1.82) is 0 Å². The van der Waals surface area contributed by atoms with Crippen LogP contribution in [0.4, 0.5) is 0 Å². The van der Waals surface area contributed by atoms with Crippen LogP contribution in [0.15, 0.2) is 18.2 Å². The Balaban J connectivity index is 2.19. The Labute approximate surface area is 99.6 Å². The summed E-state index contributed by atoms with van der Waals surface area (Å²) in [6.07, 6.45) is 0. The molecule has 1 aliphatic rings. The van der Waals surface area contributed by atoms with Gasteiger partial charge < -0.3 is 19.5 Å².